The zero-order valence-corrected chi connectivity index (χ0v) is 12.3. The fraction of sp³-hybridized carbons (Fsp3) is 0.312. The molecular weight excluding hydrogens is 307 g/mol. The van der Waals surface area contributed by atoms with E-state index in [2.05, 4.69) is 4.98 Å². The highest BCUT2D eigenvalue weighted by Crippen LogP contribution is 2.31. The Morgan fingerprint density at radius 1 is 1.17 bits per heavy atom. The molecule has 122 valence electrons. The average molecular weight is 323 g/mol. The van der Waals surface area contributed by atoms with Crippen molar-refractivity contribution >= 4 is 11.5 Å². The lowest BCUT2D eigenvalue weighted by Gasteiger charge is -2.28. The van der Waals surface area contributed by atoms with Crippen LogP contribution in [0.4, 0.5) is 24.7 Å². The van der Waals surface area contributed by atoms with Crippen LogP contribution in [0, 0.1) is 5.82 Å². The van der Waals surface area contributed by atoms with E-state index in [1.165, 1.54) is 12.3 Å². The highest BCUT2D eigenvalue weighted by atomic mass is 19.3. The normalized spacial score (nSPS) is 15.2. The van der Waals surface area contributed by atoms with Gasteiger partial charge in [-0.1, -0.05) is 6.07 Å². The van der Waals surface area contributed by atoms with Gasteiger partial charge >= 0.3 is 0 Å². The Labute approximate surface area is 131 Å². The van der Waals surface area contributed by atoms with Crippen molar-refractivity contribution < 1.29 is 17.9 Å². The van der Waals surface area contributed by atoms with E-state index in [1.54, 1.807) is 6.07 Å². The van der Waals surface area contributed by atoms with Gasteiger partial charge in [0.1, 0.15) is 11.6 Å². The van der Waals surface area contributed by atoms with Gasteiger partial charge in [0.05, 0.1) is 18.8 Å². The summed E-state index contributed by atoms with van der Waals surface area (Å²) in [5.74, 6) is -0.228. The number of rotatable bonds is 3. The van der Waals surface area contributed by atoms with Gasteiger partial charge < -0.3 is 15.4 Å². The Kier molecular flexibility index (Phi) is 4.38. The van der Waals surface area contributed by atoms with E-state index >= 15 is 0 Å². The molecule has 1 fully saturated rings. The Morgan fingerprint density at radius 3 is 2.52 bits per heavy atom. The van der Waals surface area contributed by atoms with Crippen molar-refractivity contribution in [3.63, 3.8) is 0 Å². The molecule has 2 N–H and O–H groups in total. The number of ether oxygens (including phenoxy) is 1. The summed E-state index contributed by atoms with van der Waals surface area (Å²) in [5, 5.41) is 0. The molecule has 1 saturated heterocycles. The molecule has 23 heavy (non-hydrogen) atoms. The van der Waals surface area contributed by atoms with E-state index in [1.807, 2.05) is 4.90 Å². The molecule has 0 aliphatic carbocycles. The summed E-state index contributed by atoms with van der Waals surface area (Å²) >= 11 is 0. The number of halogens is 3. The summed E-state index contributed by atoms with van der Waals surface area (Å²) in [5.41, 5.74) is 6.78. The molecule has 4 nitrogen and oxygen atoms in total. The quantitative estimate of drug-likeness (QED) is 0.942. The molecule has 7 heteroatoms. The second-order valence-corrected chi connectivity index (χ2v) is 5.27. The molecule has 1 aromatic heterocycles. The Morgan fingerprint density at radius 2 is 1.91 bits per heavy atom. The summed E-state index contributed by atoms with van der Waals surface area (Å²) in [7, 11) is 0. The van der Waals surface area contributed by atoms with E-state index in [0.29, 0.717) is 30.0 Å². The van der Waals surface area contributed by atoms with Gasteiger partial charge in [-0.25, -0.2) is 18.2 Å². The molecule has 3 rings (SSSR count). The third kappa shape index (κ3) is 3.24. The lowest BCUT2D eigenvalue weighted by atomic mass is 10.0. The minimum absolute atomic E-state index is 0.422. The number of alkyl halides is 2. The van der Waals surface area contributed by atoms with Crippen LogP contribution in [0.15, 0.2) is 30.5 Å². The van der Waals surface area contributed by atoms with Crippen LogP contribution in [0.2, 0.25) is 0 Å². The highest BCUT2D eigenvalue weighted by molar-refractivity contribution is 5.77. The monoisotopic (exact) mass is 323 g/mol. The molecule has 2 aromatic rings. The molecular formula is C16H16F3N3O. The van der Waals surface area contributed by atoms with Gasteiger partial charge in [0.15, 0.2) is 0 Å². The third-order valence-electron chi connectivity index (χ3n) is 3.80. The largest absolute Gasteiger partial charge is 0.398 e. The van der Waals surface area contributed by atoms with Crippen molar-refractivity contribution in [1.29, 1.82) is 0 Å². The van der Waals surface area contributed by atoms with Gasteiger partial charge in [-0.2, -0.15) is 0 Å². The van der Waals surface area contributed by atoms with Crippen LogP contribution < -0.4 is 10.6 Å². The second kappa shape index (κ2) is 6.45. The molecule has 0 saturated carbocycles. The van der Waals surface area contributed by atoms with Gasteiger partial charge in [0, 0.05) is 36.6 Å². The molecule has 0 spiro atoms. The smallest absolute Gasteiger partial charge is 0.266 e. The maximum Gasteiger partial charge on any atom is 0.266 e. The molecule has 1 aliphatic rings. The number of nitrogens with two attached hydrogens (primary N) is 1. The SMILES string of the molecule is Nc1cc(N2CCOCC2)ncc1-c1ccc(C(F)F)c(F)c1. The predicted octanol–water partition coefficient (Wildman–Crippen LogP) is 3.24. The zero-order valence-electron chi connectivity index (χ0n) is 12.3. The lowest BCUT2D eigenvalue weighted by Crippen LogP contribution is -2.36. The molecule has 0 amide bonds. The van der Waals surface area contributed by atoms with Crippen LogP contribution in [-0.2, 0) is 4.74 Å². The molecule has 1 aromatic carbocycles. The van der Waals surface area contributed by atoms with Crippen molar-refractivity contribution in [2.24, 2.45) is 0 Å². The van der Waals surface area contributed by atoms with Crippen LogP contribution in [-0.4, -0.2) is 31.3 Å². The molecule has 0 unspecified atom stereocenters. The van der Waals surface area contributed by atoms with Crippen LogP contribution in [0.1, 0.15) is 12.0 Å². The first-order valence-corrected chi connectivity index (χ1v) is 7.22. The lowest BCUT2D eigenvalue weighted by molar-refractivity contribution is 0.122. The van der Waals surface area contributed by atoms with Crippen LogP contribution in [0.3, 0.4) is 0 Å². The van der Waals surface area contributed by atoms with Gasteiger partial charge in [0.2, 0.25) is 0 Å². The van der Waals surface area contributed by atoms with Crippen LogP contribution in [0.25, 0.3) is 11.1 Å². The number of nitrogens with zero attached hydrogens (tertiary/aromatic N) is 2. The molecule has 0 bridgehead atoms. The van der Waals surface area contributed by atoms with Gasteiger partial charge in [-0.15, -0.1) is 0 Å². The highest BCUT2D eigenvalue weighted by Gasteiger charge is 2.17. The van der Waals surface area contributed by atoms with E-state index in [-0.39, 0.29) is 0 Å². The number of morpholine rings is 1. The number of nitrogen functional groups attached to an aromatic ring is 1. The summed E-state index contributed by atoms with van der Waals surface area (Å²) in [6, 6.07) is 5.26. The summed E-state index contributed by atoms with van der Waals surface area (Å²) in [4.78, 5) is 6.39. The Hall–Kier alpha value is -2.28. The topological polar surface area (TPSA) is 51.4 Å². The molecule has 0 atom stereocenters. The van der Waals surface area contributed by atoms with Crippen LogP contribution >= 0.6 is 0 Å². The van der Waals surface area contributed by atoms with Crippen molar-refractivity contribution in [3.05, 3.63) is 41.8 Å². The van der Waals surface area contributed by atoms with Crippen molar-refractivity contribution in [2.45, 2.75) is 6.43 Å². The maximum absolute atomic E-state index is 13.7. The van der Waals surface area contributed by atoms with E-state index in [4.69, 9.17) is 10.5 Å². The minimum Gasteiger partial charge on any atom is -0.398 e. The van der Waals surface area contributed by atoms with E-state index < -0.39 is 17.8 Å². The van der Waals surface area contributed by atoms with Crippen molar-refractivity contribution in [1.82, 2.24) is 4.98 Å². The number of hydrogen-bond acceptors (Lipinski definition) is 4. The number of anilines is 2. The fourth-order valence-electron chi connectivity index (χ4n) is 2.54. The number of pyridine rings is 1. The number of benzene rings is 1. The van der Waals surface area contributed by atoms with Crippen LogP contribution in [0.5, 0.6) is 0 Å². The molecule has 1 aliphatic heterocycles. The van der Waals surface area contributed by atoms with Crippen molar-refractivity contribution in [2.75, 3.05) is 36.9 Å². The van der Waals surface area contributed by atoms with Crippen molar-refractivity contribution in [3.8, 4) is 11.1 Å². The minimum atomic E-state index is -2.84. The van der Waals surface area contributed by atoms with E-state index in [9.17, 15) is 13.2 Å². The summed E-state index contributed by atoms with van der Waals surface area (Å²) in [6.07, 6.45) is -1.31. The first kappa shape index (κ1) is 15.6. The molecule has 0 radical (unpaired) electrons. The summed E-state index contributed by atoms with van der Waals surface area (Å²) in [6.45, 7) is 2.71. The fourth-order valence-corrected chi connectivity index (χ4v) is 2.54. The number of aromatic nitrogens is 1. The second-order valence-electron chi connectivity index (χ2n) is 5.27. The Bertz CT molecular complexity index is 703. The third-order valence-corrected chi connectivity index (χ3v) is 3.80. The van der Waals surface area contributed by atoms with Gasteiger partial charge in [-0.3, -0.25) is 0 Å². The van der Waals surface area contributed by atoms with E-state index in [0.717, 1.165) is 31.0 Å². The molecule has 2 heterocycles. The standard InChI is InChI=1S/C16H16F3N3O/c17-13-7-10(1-2-11(13)16(18)19)12-9-21-15(8-14(12)20)22-3-5-23-6-4-22/h1-2,7-9,16H,3-6H2,(H2,20,21). The van der Waals surface area contributed by atoms with Gasteiger partial charge in [-0.05, 0) is 17.7 Å². The predicted molar refractivity (Wildman–Crippen MR) is 82.0 cm³/mol. The van der Waals surface area contributed by atoms with Gasteiger partial charge in [0.25, 0.3) is 6.43 Å². The maximum atomic E-state index is 13.7. The Balaban J connectivity index is 1.90. The zero-order chi connectivity index (χ0) is 16.4. The summed E-state index contributed by atoms with van der Waals surface area (Å²) < 4.78 is 44.2. The number of hydrogen-bond donors (Lipinski definition) is 1. The average Bonchev–Trinajstić information content (AvgIpc) is 2.55. The first-order valence-electron chi connectivity index (χ1n) is 7.22. The first-order chi connectivity index (χ1) is 11.1.